The molecule has 1 N–H and O–H groups in total. The smallest absolute Gasteiger partial charge is 0.140 e. The maximum atomic E-state index is 9.68. The summed E-state index contributed by atoms with van der Waals surface area (Å²) in [7, 11) is 0. The molecule has 0 saturated carbocycles. The first kappa shape index (κ1) is 13.7. The van der Waals surface area contributed by atoms with Crippen molar-refractivity contribution in [2.45, 2.75) is 6.61 Å². The molecule has 0 saturated heterocycles. The summed E-state index contributed by atoms with van der Waals surface area (Å²) in [5.41, 5.74) is 5.21. The van der Waals surface area contributed by atoms with Crippen LogP contribution in [0.2, 0.25) is 0 Å². The van der Waals surface area contributed by atoms with Crippen molar-refractivity contribution in [2.75, 3.05) is 0 Å². The molecular formula is C20H16N2O. The minimum Gasteiger partial charge on any atom is -0.388 e. The quantitative estimate of drug-likeness (QED) is 0.616. The first-order chi connectivity index (χ1) is 11.4. The summed E-state index contributed by atoms with van der Waals surface area (Å²) < 4.78 is 2.02. The van der Waals surface area contributed by atoms with Gasteiger partial charge in [-0.25, -0.2) is 4.98 Å². The van der Waals surface area contributed by atoms with Crippen LogP contribution in [0.25, 0.3) is 27.8 Å². The lowest BCUT2D eigenvalue weighted by molar-refractivity contribution is 0.270. The minimum absolute atomic E-state index is 0.0930. The second-order valence-corrected chi connectivity index (χ2v) is 5.43. The van der Waals surface area contributed by atoms with Gasteiger partial charge in [0, 0.05) is 5.69 Å². The van der Waals surface area contributed by atoms with Gasteiger partial charge < -0.3 is 5.11 Å². The first-order valence-corrected chi connectivity index (χ1v) is 7.60. The Morgan fingerprint density at radius 1 is 0.783 bits per heavy atom. The van der Waals surface area contributed by atoms with Crippen LogP contribution in [0.5, 0.6) is 0 Å². The highest BCUT2D eigenvalue weighted by atomic mass is 16.3. The number of rotatable bonds is 3. The maximum absolute atomic E-state index is 9.68. The molecule has 4 aromatic rings. The van der Waals surface area contributed by atoms with Crippen molar-refractivity contribution in [1.29, 1.82) is 0 Å². The number of aliphatic hydroxyl groups is 1. The average Bonchev–Trinajstić information content (AvgIpc) is 3.01. The molecule has 0 fully saturated rings. The van der Waals surface area contributed by atoms with Crippen LogP contribution in [0, 0.1) is 0 Å². The zero-order valence-corrected chi connectivity index (χ0v) is 12.6. The summed E-state index contributed by atoms with van der Waals surface area (Å²) in [6.45, 7) is -0.0930. The largest absolute Gasteiger partial charge is 0.388 e. The number of fused-ring (bicyclic) bond motifs is 1. The molecule has 0 atom stereocenters. The molecule has 0 spiro atoms. The Morgan fingerprint density at radius 2 is 1.52 bits per heavy atom. The highest BCUT2D eigenvalue weighted by Gasteiger charge is 2.11. The SMILES string of the molecule is OCc1nc2ccccc2n1-c1cccc(-c2ccccc2)c1. The van der Waals surface area contributed by atoms with Crippen molar-refractivity contribution in [3.05, 3.63) is 84.7 Å². The van der Waals surface area contributed by atoms with Gasteiger partial charge in [0.05, 0.1) is 11.0 Å². The van der Waals surface area contributed by atoms with Crippen molar-refractivity contribution in [1.82, 2.24) is 9.55 Å². The summed E-state index contributed by atoms with van der Waals surface area (Å²) in [5, 5.41) is 9.68. The van der Waals surface area contributed by atoms with Gasteiger partial charge in [-0.3, -0.25) is 4.57 Å². The van der Waals surface area contributed by atoms with E-state index in [1.54, 1.807) is 0 Å². The van der Waals surface area contributed by atoms with Crippen LogP contribution in [-0.4, -0.2) is 14.7 Å². The van der Waals surface area contributed by atoms with Crippen molar-refractivity contribution >= 4 is 11.0 Å². The van der Waals surface area contributed by atoms with Crippen molar-refractivity contribution < 1.29 is 5.11 Å². The van der Waals surface area contributed by atoms with E-state index in [1.165, 1.54) is 5.56 Å². The van der Waals surface area contributed by atoms with Crippen molar-refractivity contribution in [2.24, 2.45) is 0 Å². The van der Waals surface area contributed by atoms with Crippen molar-refractivity contribution in [3.8, 4) is 16.8 Å². The van der Waals surface area contributed by atoms with E-state index in [1.807, 2.05) is 59.2 Å². The maximum Gasteiger partial charge on any atom is 0.140 e. The molecule has 3 aromatic carbocycles. The van der Waals surface area contributed by atoms with E-state index in [4.69, 9.17) is 0 Å². The van der Waals surface area contributed by atoms with Gasteiger partial charge in [-0.05, 0) is 35.4 Å². The van der Waals surface area contributed by atoms with E-state index >= 15 is 0 Å². The van der Waals surface area contributed by atoms with E-state index in [0.717, 1.165) is 22.3 Å². The monoisotopic (exact) mass is 300 g/mol. The molecule has 0 aliphatic rings. The fraction of sp³-hybridized carbons (Fsp3) is 0.0500. The van der Waals surface area contributed by atoms with Crippen LogP contribution in [0.1, 0.15) is 5.82 Å². The van der Waals surface area contributed by atoms with Crippen LogP contribution < -0.4 is 0 Å². The molecule has 0 unspecified atom stereocenters. The van der Waals surface area contributed by atoms with Gasteiger partial charge in [0.1, 0.15) is 12.4 Å². The normalized spacial score (nSPS) is 11.0. The van der Waals surface area contributed by atoms with Crippen LogP contribution in [0.3, 0.4) is 0 Å². The minimum atomic E-state index is -0.0930. The summed E-state index contributed by atoms with van der Waals surface area (Å²) in [6, 6.07) is 26.5. The third-order valence-electron chi connectivity index (χ3n) is 3.98. The molecule has 0 radical (unpaired) electrons. The number of benzene rings is 3. The fourth-order valence-electron chi connectivity index (χ4n) is 2.93. The standard InChI is InChI=1S/C20H16N2O/c23-14-20-21-18-11-4-5-12-19(18)22(20)17-10-6-9-16(13-17)15-7-2-1-3-8-15/h1-13,23H,14H2. The molecule has 0 aliphatic heterocycles. The number of hydrogen-bond acceptors (Lipinski definition) is 2. The Labute approximate surface area is 134 Å². The summed E-state index contributed by atoms with van der Waals surface area (Å²) in [4.78, 5) is 4.52. The van der Waals surface area contributed by atoms with E-state index < -0.39 is 0 Å². The third kappa shape index (κ3) is 2.41. The van der Waals surface area contributed by atoms with E-state index in [2.05, 4.69) is 29.2 Å². The molecule has 23 heavy (non-hydrogen) atoms. The second kappa shape index (κ2) is 5.71. The third-order valence-corrected chi connectivity index (χ3v) is 3.98. The Bertz CT molecular complexity index is 958. The summed E-state index contributed by atoms with van der Waals surface area (Å²) >= 11 is 0. The Morgan fingerprint density at radius 3 is 2.35 bits per heavy atom. The number of hydrogen-bond donors (Lipinski definition) is 1. The number of aliphatic hydroxyl groups excluding tert-OH is 1. The molecule has 0 aliphatic carbocycles. The lowest BCUT2D eigenvalue weighted by Crippen LogP contribution is -2.01. The highest BCUT2D eigenvalue weighted by Crippen LogP contribution is 2.26. The van der Waals surface area contributed by atoms with E-state index in [-0.39, 0.29) is 6.61 Å². The van der Waals surface area contributed by atoms with Crippen LogP contribution in [0.4, 0.5) is 0 Å². The summed E-state index contributed by atoms with van der Waals surface area (Å²) in [6.07, 6.45) is 0. The summed E-state index contributed by atoms with van der Waals surface area (Å²) in [5.74, 6) is 0.649. The van der Waals surface area contributed by atoms with Gasteiger partial charge in [0.25, 0.3) is 0 Å². The predicted octanol–water partition coefficient (Wildman–Crippen LogP) is 4.18. The first-order valence-electron chi connectivity index (χ1n) is 7.60. The van der Waals surface area contributed by atoms with Gasteiger partial charge in [-0.2, -0.15) is 0 Å². The molecule has 1 aromatic heterocycles. The molecule has 1 heterocycles. The fourth-order valence-corrected chi connectivity index (χ4v) is 2.93. The van der Waals surface area contributed by atoms with Crippen LogP contribution >= 0.6 is 0 Å². The second-order valence-electron chi connectivity index (χ2n) is 5.43. The lowest BCUT2D eigenvalue weighted by atomic mass is 10.1. The zero-order valence-electron chi connectivity index (χ0n) is 12.6. The zero-order chi connectivity index (χ0) is 15.6. The number of nitrogens with zero attached hydrogens (tertiary/aromatic N) is 2. The van der Waals surface area contributed by atoms with Gasteiger partial charge in [-0.1, -0.05) is 54.6 Å². The number of para-hydroxylation sites is 2. The number of aromatic nitrogens is 2. The number of imidazole rings is 1. The topological polar surface area (TPSA) is 38.1 Å². The molecule has 3 heteroatoms. The van der Waals surface area contributed by atoms with Gasteiger partial charge >= 0.3 is 0 Å². The predicted molar refractivity (Wildman–Crippen MR) is 92.4 cm³/mol. The molecule has 4 rings (SSSR count). The van der Waals surface area contributed by atoms with Gasteiger partial charge in [0.15, 0.2) is 0 Å². The van der Waals surface area contributed by atoms with Gasteiger partial charge in [0.2, 0.25) is 0 Å². The molecule has 0 bridgehead atoms. The highest BCUT2D eigenvalue weighted by molar-refractivity contribution is 5.79. The molecular weight excluding hydrogens is 284 g/mol. The molecule has 0 amide bonds. The Hall–Kier alpha value is -2.91. The Balaban J connectivity index is 1.92. The Kier molecular flexibility index (Phi) is 3.41. The van der Waals surface area contributed by atoms with Crippen LogP contribution in [-0.2, 0) is 6.61 Å². The van der Waals surface area contributed by atoms with E-state index in [0.29, 0.717) is 5.82 Å². The van der Waals surface area contributed by atoms with Crippen molar-refractivity contribution in [3.63, 3.8) is 0 Å². The van der Waals surface area contributed by atoms with Gasteiger partial charge in [-0.15, -0.1) is 0 Å². The molecule has 112 valence electrons. The average molecular weight is 300 g/mol. The molecule has 3 nitrogen and oxygen atoms in total. The van der Waals surface area contributed by atoms with Crippen LogP contribution in [0.15, 0.2) is 78.9 Å². The lowest BCUT2D eigenvalue weighted by Gasteiger charge is -2.10. The van der Waals surface area contributed by atoms with E-state index in [9.17, 15) is 5.11 Å².